The summed E-state index contributed by atoms with van der Waals surface area (Å²) in [6.07, 6.45) is -3.85. The normalized spacial score (nSPS) is 11.7. The highest BCUT2D eigenvalue weighted by Crippen LogP contribution is 2.40. The molecule has 0 aliphatic carbocycles. The lowest BCUT2D eigenvalue weighted by Gasteiger charge is -2.15. The van der Waals surface area contributed by atoms with E-state index in [2.05, 4.69) is 10.3 Å². The highest BCUT2D eigenvalue weighted by Gasteiger charge is 2.34. The number of nitrogens with zero attached hydrogens (tertiary/aromatic N) is 1. The fourth-order valence-corrected chi connectivity index (χ4v) is 3.79. The molecule has 5 nitrogen and oxygen atoms in total. The van der Waals surface area contributed by atoms with Crippen molar-refractivity contribution in [2.45, 2.75) is 33.4 Å². The van der Waals surface area contributed by atoms with Crippen molar-refractivity contribution in [3.8, 4) is 17.0 Å². The maximum atomic E-state index is 13.3. The molecule has 154 valence electrons. The molecule has 9 heteroatoms. The van der Waals surface area contributed by atoms with E-state index in [1.54, 1.807) is 0 Å². The Bertz CT molecular complexity index is 819. The highest BCUT2D eigenvalue weighted by molar-refractivity contribution is 7.16. The Kier molecular flexibility index (Phi) is 7.42. The van der Waals surface area contributed by atoms with Crippen molar-refractivity contribution >= 4 is 22.4 Å². The van der Waals surface area contributed by atoms with E-state index in [1.165, 1.54) is 37.5 Å². The number of rotatable bonds is 8. The third kappa shape index (κ3) is 5.93. The molecule has 0 saturated carbocycles. The predicted octanol–water partition coefficient (Wildman–Crippen LogP) is 5.01. The fraction of sp³-hybridized carbons (Fsp3) is 0.474. The van der Waals surface area contributed by atoms with Crippen LogP contribution in [0.3, 0.4) is 0 Å². The fourth-order valence-electron chi connectivity index (χ4n) is 2.55. The molecule has 1 aromatic carbocycles. The SMILES string of the molecule is COCCOc1cc(-c2nc(NC(C)=O)sc2CC(C)C)ccc1C(F)(F)F. The number of alkyl halides is 3. The number of ether oxygens (including phenoxy) is 2. The Morgan fingerprint density at radius 2 is 2.00 bits per heavy atom. The molecular formula is C19H23F3N2O3S. The number of thiazole rings is 1. The maximum absolute atomic E-state index is 13.3. The van der Waals surface area contributed by atoms with Crippen LogP contribution in [0.25, 0.3) is 11.3 Å². The summed E-state index contributed by atoms with van der Waals surface area (Å²) in [5.74, 6) is -0.213. The summed E-state index contributed by atoms with van der Waals surface area (Å²) in [7, 11) is 1.45. The van der Waals surface area contributed by atoms with Gasteiger partial charge >= 0.3 is 6.18 Å². The first kappa shape index (κ1) is 22.2. The third-order valence-corrected chi connectivity index (χ3v) is 4.67. The van der Waals surface area contributed by atoms with Gasteiger partial charge in [-0.15, -0.1) is 11.3 Å². The molecule has 0 aliphatic rings. The minimum atomic E-state index is -4.54. The summed E-state index contributed by atoms with van der Waals surface area (Å²) in [6, 6.07) is 3.71. The number of hydrogen-bond acceptors (Lipinski definition) is 5. The molecule has 1 heterocycles. The van der Waals surface area contributed by atoms with E-state index in [4.69, 9.17) is 9.47 Å². The zero-order chi connectivity index (χ0) is 20.9. The van der Waals surface area contributed by atoms with E-state index in [0.29, 0.717) is 28.7 Å². The molecule has 2 rings (SSSR count). The maximum Gasteiger partial charge on any atom is 0.419 e. The van der Waals surface area contributed by atoms with E-state index < -0.39 is 11.7 Å². The van der Waals surface area contributed by atoms with Crippen LogP contribution in [0.15, 0.2) is 18.2 Å². The molecule has 1 amide bonds. The second-order valence-electron chi connectivity index (χ2n) is 6.62. The summed E-state index contributed by atoms with van der Waals surface area (Å²) in [5, 5.41) is 3.06. The average Bonchev–Trinajstić information content (AvgIpc) is 2.94. The number of nitrogens with one attached hydrogen (secondary N) is 1. The van der Waals surface area contributed by atoms with Gasteiger partial charge in [-0.25, -0.2) is 4.98 Å². The van der Waals surface area contributed by atoms with Crippen molar-refractivity contribution in [1.29, 1.82) is 0 Å². The van der Waals surface area contributed by atoms with Gasteiger partial charge in [-0.2, -0.15) is 13.2 Å². The van der Waals surface area contributed by atoms with Gasteiger partial charge in [-0.1, -0.05) is 19.9 Å². The quantitative estimate of drug-likeness (QED) is 0.615. The van der Waals surface area contributed by atoms with Crippen LogP contribution in [0.1, 0.15) is 31.2 Å². The summed E-state index contributed by atoms with van der Waals surface area (Å²) >= 11 is 1.32. The Morgan fingerprint density at radius 3 is 2.57 bits per heavy atom. The van der Waals surface area contributed by atoms with Crippen LogP contribution in [0.5, 0.6) is 5.75 Å². The smallest absolute Gasteiger partial charge is 0.419 e. The van der Waals surface area contributed by atoms with Crippen molar-refractivity contribution in [1.82, 2.24) is 4.98 Å². The van der Waals surface area contributed by atoms with E-state index in [0.717, 1.165) is 10.9 Å². The van der Waals surface area contributed by atoms with E-state index >= 15 is 0 Å². The topological polar surface area (TPSA) is 60.5 Å². The number of hydrogen-bond donors (Lipinski definition) is 1. The minimum Gasteiger partial charge on any atom is -0.491 e. The average molecular weight is 416 g/mol. The predicted molar refractivity (Wildman–Crippen MR) is 103 cm³/mol. The van der Waals surface area contributed by atoms with Crippen molar-refractivity contribution in [3.05, 3.63) is 28.6 Å². The van der Waals surface area contributed by atoms with Crippen LogP contribution < -0.4 is 10.1 Å². The van der Waals surface area contributed by atoms with Gasteiger partial charge in [0.15, 0.2) is 5.13 Å². The van der Waals surface area contributed by atoms with Gasteiger partial charge in [0.1, 0.15) is 12.4 Å². The molecule has 1 N–H and O–H groups in total. The van der Waals surface area contributed by atoms with Crippen molar-refractivity contribution in [2.75, 3.05) is 25.6 Å². The van der Waals surface area contributed by atoms with Crippen LogP contribution in [0, 0.1) is 5.92 Å². The minimum absolute atomic E-state index is 0.00388. The van der Waals surface area contributed by atoms with E-state index in [-0.39, 0.29) is 24.9 Å². The van der Waals surface area contributed by atoms with Crippen LogP contribution in [0.4, 0.5) is 18.3 Å². The molecule has 0 radical (unpaired) electrons. The Hall–Kier alpha value is -2.13. The van der Waals surface area contributed by atoms with Gasteiger partial charge in [0, 0.05) is 24.5 Å². The van der Waals surface area contributed by atoms with Gasteiger partial charge in [0.25, 0.3) is 0 Å². The molecule has 0 saturated heterocycles. The first-order valence-corrected chi connectivity index (χ1v) is 9.54. The highest BCUT2D eigenvalue weighted by atomic mass is 32.1. The van der Waals surface area contributed by atoms with Crippen molar-refractivity contribution < 1.29 is 27.4 Å². The molecule has 0 unspecified atom stereocenters. The molecule has 2 aromatic rings. The second-order valence-corrected chi connectivity index (χ2v) is 7.70. The molecule has 0 atom stereocenters. The summed E-state index contributed by atoms with van der Waals surface area (Å²) in [5.41, 5.74) is 0.201. The molecular weight excluding hydrogens is 393 g/mol. The monoisotopic (exact) mass is 416 g/mol. The van der Waals surface area contributed by atoms with Gasteiger partial charge in [0.2, 0.25) is 5.91 Å². The van der Waals surface area contributed by atoms with E-state index in [1.807, 2.05) is 13.8 Å². The van der Waals surface area contributed by atoms with Crippen molar-refractivity contribution in [2.24, 2.45) is 5.92 Å². The number of anilines is 1. The first-order chi connectivity index (χ1) is 13.1. The lowest BCUT2D eigenvalue weighted by molar-refractivity contribution is -0.139. The second kappa shape index (κ2) is 9.38. The Labute approximate surface area is 165 Å². The number of benzene rings is 1. The van der Waals surface area contributed by atoms with Gasteiger partial charge < -0.3 is 14.8 Å². The lowest BCUT2D eigenvalue weighted by atomic mass is 10.0. The van der Waals surface area contributed by atoms with Gasteiger partial charge in [-0.3, -0.25) is 4.79 Å². The van der Waals surface area contributed by atoms with Crippen LogP contribution in [-0.4, -0.2) is 31.2 Å². The zero-order valence-electron chi connectivity index (χ0n) is 16.1. The molecule has 1 aromatic heterocycles. The summed E-state index contributed by atoms with van der Waals surface area (Å²) in [4.78, 5) is 16.7. The lowest BCUT2D eigenvalue weighted by Crippen LogP contribution is -2.11. The first-order valence-electron chi connectivity index (χ1n) is 8.72. The van der Waals surface area contributed by atoms with Crippen LogP contribution in [0.2, 0.25) is 0 Å². The molecule has 0 bridgehead atoms. The van der Waals surface area contributed by atoms with Gasteiger partial charge in [0.05, 0.1) is 17.9 Å². The summed E-state index contributed by atoms with van der Waals surface area (Å²) < 4.78 is 50.1. The molecule has 0 fully saturated rings. The van der Waals surface area contributed by atoms with Crippen molar-refractivity contribution in [3.63, 3.8) is 0 Å². The molecule has 0 aliphatic heterocycles. The zero-order valence-corrected chi connectivity index (χ0v) is 17.0. The third-order valence-electron chi connectivity index (χ3n) is 3.68. The Balaban J connectivity index is 2.49. The Morgan fingerprint density at radius 1 is 1.29 bits per heavy atom. The number of methoxy groups -OCH3 is 1. The summed E-state index contributed by atoms with van der Waals surface area (Å²) in [6.45, 7) is 5.61. The molecule has 28 heavy (non-hydrogen) atoms. The van der Waals surface area contributed by atoms with Gasteiger partial charge in [-0.05, 0) is 24.5 Å². The number of amides is 1. The molecule has 0 spiro atoms. The standard InChI is InChI=1S/C19H23F3N2O3S/c1-11(2)9-16-17(24-18(28-16)23-12(3)25)13-5-6-14(19(20,21)22)15(10-13)27-8-7-26-4/h5-6,10-11H,7-9H2,1-4H3,(H,23,24,25). The number of aromatic nitrogens is 1. The number of halogens is 3. The number of carbonyl (C=O) groups excluding carboxylic acids is 1. The van der Waals surface area contributed by atoms with Crippen LogP contribution >= 0.6 is 11.3 Å². The van der Waals surface area contributed by atoms with Crippen LogP contribution in [-0.2, 0) is 22.1 Å². The largest absolute Gasteiger partial charge is 0.491 e. The number of carbonyl (C=O) groups is 1. The van der Waals surface area contributed by atoms with E-state index in [9.17, 15) is 18.0 Å².